The summed E-state index contributed by atoms with van der Waals surface area (Å²) in [7, 11) is 0. The number of benzene rings is 2. The maximum Gasteiger partial charge on any atom is 0.256 e. The van der Waals surface area contributed by atoms with Crippen LogP contribution in [0.25, 0.3) is 10.8 Å². The lowest BCUT2D eigenvalue weighted by molar-refractivity contribution is 0.0132. The maximum absolute atomic E-state index is 13.3. The molecule has 0 bridgehead atoms. The minimum atomic E-state index is -0.613. The van der Waals surface area contributed by atoms with Crippen LogP contribution >= 0.6 is 0 Å². The van der Waals surface area contributed by atoms with Crippen molar-refractivity contribution in [1.29, 1.82) is 0 Å². The van der Waals surface area contributed by atoms with E-state index in [1.54, 1.807) is 18.2 Å². The van der Waals surface area contributed by atoms with Gasteiger partial charge in [0.2, 0.25) is 0 Å². The number of rotatable bonds is 5. The van der Waals surface area contributed by atoms with Gasteiger partial charge in [-0.2, -0.15) is 0 Å². The number of nitrogens with one attached hydrogen (secondary N) is 1. The third-order valence-corrected chi connectivity index (χ3v) is 5.52. The number of hydrogen-bond acceptors (Lipinski definition) is 3. The maximum atomic E-state index is 13.3. The highest BCUT2D eigenvalue weighted by Gasteiger charge is 2.28. The molecule has 2 atom stereocenters. The third kappa shape index (κ3) is 3.98. The number of H-pyrrole nitrogens is 1. The van der Waals surface area contributed by atoms with Crippen LogP contribution in [0.2, 0.25) is 0 Å². The van der Waals surface area contributed by atoms with Gasteiger partial charge in [0.25, 0.3) is 5.56 Å². The van der Waals surface area contributed by atoms with Gasteiger partial charge in [0, 0.05) is 24.2 Å². The quantitative estimate of drug-likeness (QED) is 0.707. The Morgan fingerprint density at radius 2 is 1.86 bits per heavy atom. The fourth-order valence-electron chi connectivity index (χ4n) is 3.95. The molecule has 0 amide bonds. The van der Waals surface area contributed by atoms with E-state index < -0.39 is 12.0 Å². The number of fused-ring (bicyclic) bond motifs is 1. The molecule has 146 valence electrons. The number of hydrogen-bond donors (Lipinski definition) is 2. The zero-order valence-electron chi connectivity index (χ0n) is 15.4. The molecule has 4 nitrogen and oxygen atoms in total. The molecule has 2 N–H and O–H groups in total. The summed E-state index contributed by atoms with van der Waals surface area (Å²) < 4.78 is 26.4. The minimum absolute atomic E-state index is 0.245. The van der Waals surface area contributed by atoms with Gasteiger partial charge >= 0.3 is 0 Å². The lowest BCUT2D eigenvalue weighted by Crippen LogP contribution is -2.33. The number of aryl methyl sites for hydroxylation is 1. The van der Waals surface area contributed by atoms with Crippen molar-refractivity contribution in [2.24, 2.45) is 0 Å². The highest BCUT2D eigenvalue weighted by molar-refractivity contribution is 5.81. The Morgan fingerprint density at radius 3 is 2.64 bits per heavy atom. The van der Waals surface area contributed by atoms with Gasteiger partial charge in [0.05, 0.1) is 0 Å². The molecule has 1 aliphatic heterocycles. The van der Waals surface area contributed by atoms with Gasteiger partial charge in [-0.1, -0.05) is 18.2 Å². The van der Waals surface area contributed by atoms with Gasteiger partial charge < -0.3 is 10.1 Å². The molecular weight excluding hydrogens is 362 g/mol. The predicted octanol–water partition coefficient (Wildman–Crippen LogP) is 3.55. The van der Waals surface area contributed by atoms with Crippen molar-refractivity contribution in [3.63, 3.8) is 0 Å². The minimum Gasteiger partial charge on any atom is -0.378 e. The van der Waals surface area contributed by atoms with Crippen molar-refractivity contribution in [2.75, 3.05) is 13.1 Å². The fraction of sp³-hybridized carbons (Fsp3) is 0.318. The number of likely N-dealkylation sites (tertiary alicyclic amines) is 1. The SMILES string of the molecule is O=c1[nH]c(CC[C@@H](O)N2CC[C@H](c3ccc(F)cc3)C2)cc2ccc(F)cc12. The van der Waals surface area contributed by atoms with Gasteiger partial charge in [0.1, 0.15) is 17.9 Å². The van der Waals surface area contributed by atoms with E-state index in [1.807, 2.05) is 11.0 Å². The molecule has 6 heteroatoms. The Balaban J connectivity index is 1.39. The summed E-state index contributed by atoms with van der Waals surface area (Å²) >= 11 is 0. The summed E-state index contributed by atoms with van der Waals surface area (Å²) in [5.74, 6) is -0.401. The zero-order chi connectivity index (χ0) is 19.7. The highest BCUT2D eigenvalue weighted by atomic mass is 19.1. The van der Waals surface area contributed by atoms with Crippen LogP contribution in [0, 0.1) is 11.6 Å². The van der Waals surface area contributed by atoms with E-state index in [4.69, 9.17) is 0 Å². The van der Waals surface area contributed by atoms with E-state index in [2.05, 4.69) is 4.98 Å². The van der Waals surface area contributed by atoms with Crippen molar-refractivity contribution in [1.82, 2.24) is 9.88 Å². The Bertz CT molecular complexity index is 1030. The van der Waals surface area contributed by atoms with Crippen LogP contribution in [0.1, 0.15) is 30.0 Å². The number of aliphatic hydroxyl groups is 1. The summed E-state index contributed by atoms with van der Waals surface area (Å²) in [5.41, 5.74) is 1.48. The van der Waals surface area contributed by atoms with Crippen LogP contribution in [-0.2, 0) is 6.42 Å². The summed E-state index contributed by atoms with van der Waals surface area (Å²) in [6.45, 7) is 1.50. The van der Waals surface area contributed by atoms with E-state index in [0.717, 1.165) is 30.8 Å². The van der Waals surface area contributed by atoms with Crippen LogP contribution < -0.4 is 5.56 Å². The summed E-state index contributed by atoms with van der Waals surface area (Å²) in [6, 6.07) is 12.5. The van der Waals surface area contributed by atoms with Crippen LogP contribution in [0.3, 0.4) is 0 Å². The number of halogens is 2. The van der Waals surface area contributed by atoms with Crippen molar-refractivity contribution in [3.05, 3.63) is 81.8 Å². The topological polar surface area (TPSA) is 56.3 Å². The molecule has 28 heavy (non-hydrogen) atoms. The second-order valence-corrected chi connectivity index (χ2v) is 7.41. The molecule has 1 fully saturated rings. The lowest BCUT2D eigenvalue weighted by Gasteiger charge is -2.23. The molecule has 0 radical (unpaired) electrons. The molecule has 2 aromatic carbocycles. The molecule has 4 rings (SSSR count). The van der Waals surface area contributed by atoms with Crippen molar-refractivity contribution < 1.29 is 13.9 Å². The first-order chi connectivity index (χ1) is 13.5. The van der Waals surface area contributed by atoms with E-state index in [9.17, 15) is 18.7 Å². The predicted molar refractivity (Wildman–Crippen MR) is 104 cm³/mol. The average molecular weight is 384 g/mol. The fourth-order valence-corrected chi connectivity index (χ4v) is 3.95. The standard InChI is InChI=1S/C22H22F2N2O2/c23-17-4-1-14(2-5-17)16-9-10-26(13-16)21(27)8-7-19-11-15-3-6-18(24)12-20(15)22(28)25-19/h1-6,11-12,16,21,27H,7-10,13H2,(H,25,28)/t16-,21+/m0/s1. The van der Waals surface area contributed by atoms with E-state index >= 15 is 0 Å². The van der Waals surface area contributed by atoms with Gasteiger partial charge in [-0.05, 0) is 66.5 Å². The normalized spacial score (nSPS) is 18.6. The molecule has 1 aromatic heterocycles. The summed E-state index contributed by atoms with van der Waals surface area (Å²) in [5, 5.41) is 11.6. The average Bonchev–Trinajstić information content (AvgIpc) is 3.17. The largest absolute Gasteiger partial charge is 0.378 e. The molecule has 3 aromatic rings. The van der Waals surface area contributed by atoms with E-state index in [0.29, 0.717) is 23.6 Å². The zero-order valence-corrected chi connectivity index (χ0v) is 15.4. The lowest BCUT2D eigenvalue weighted by atomic mass is 9.98. The number of aromatic amines is 1. The number of aromatic nitrogens is 1. The van der Waals surface area contributed by atoms with E-state index in [-0.39, 0.29) is 17.3 Å². The number of aliphatic hydroxyl groups excluding tert-OH is 1. The molecule has 0 spiro atoms. The van der Waals surface area contributed by atoms with Crippen LogP contribution in [0.4, 0.5) is 8.78 Å². The van der Waals surface area contributed by atoms with Gasteiger partial charge in [-0.3, -0.25) is 9.69 Å². The molecule has 0 unspecified atom stereocenters. The monoisotopic (exact) mass is 384 g/mol. The van der Waals surface area contributed by atoms with Gasteiger partial charge in [-0.25, -0.2) is 8.78 Å². The Kier molecular flexibility index (Phi) is 5.24. The molecule has 1 aliphatic rings. The van der Waals surface area contributed by atoms with Crippen LogP contribution in [0.5, 0.6) is 0 Å². The molecule has 0 saturated carbocycles. The molecule has 2 heterocycles. The summed E-state index contributed by atoms with van der Waals surface area (Å²) in [4.78, 5) is 16.9. The Morgan fingerprint density at radius 1 is 1.11 bits per heavy atom. The van der Waals surface area contributed by atoms with Crippen LogP contribution in [0.15, 0.2) is 53.3 Å². The Hall–Kier alpha value is -2.57. The highest BCUT2D eigenvalue weighted by Crippen LogP contribution is 2.29. The first kappa shape index (κ1) is 18.8. The smallest absolute Gasteiger partial charge is 0.256 e. The first-order valence-electron chi connectivity index (χ1n) is 9.48. The molecule has 0 aliphatic carbocycles. The molecule has 1 saturated heterocycles. The second kappa shape index (κ2) is 7.81. The first-order valence-corrected chi connectivity index (χ1v) is 9.48. The third-order valence-electron chi connectivity index (χ3n) is 5.52. The summed E-state index contributed by atoms with van der Waals surface area (Å²) in [6.07, 6.45) is 1.30. The molecular formula is C22H22F2N2O2. The number of pyridine rings is 1. The van der Waals surface area contributed by atoms with Gasteiger partial charge in [0.15, 0.2) is 0 Å². The van der Waals surface area contributed by atoms with Crippen LogP contribution in [-0.4, -0.2) is 34.3 Å². The number of nitrogens with zero attached hydrogens (tertiary/aromatic N) is 1. The van der Waals surface area contributed by atoms with Crippen molar-refractivity contribution >= 4 is 10.8 Å². The Labute approximate surface area is 161 Å². The second-order valence-electron chi connectivity index (χ2n) is 7.41. The van der Waals surface area contributed by atoms with Crippen molar-refractivity contribution in [3.8, 4) is 0 Å². The van der Waals surface area contributed by atoms with Crippen molar-refractivity contribution in [2.45, 2.75) is 31.4 Å². The van der Waals surface area contributed by atoms with Gasteiger partial charge in [-0.15, -0.1) is 0 Å². The van der Waals surface area contributed by atoms with E-state index in [1.165, 1.54) is 24.3 Å².